The lowest BCUT2D eigenvalue weighted by Gasteiger charge is -2.19. The van der Waals surface area contributed by atoms with Gasteiger partial charge in [-0.05, 0) is 63.9 Å². The molecule has 1 aliphatic rings. The molecule has 30 heavy (non-hydrogen) atoms. The van der Waals surface area contributed by atoms with Gasteiger partial charge < -0.3 is 19.5 Å². The quantitative estimate of drug-likeness (QED) is 0.709. The lowest BCUT2D eigenvalue weighted by molar-refractivity contribution is 0.0635. The predicted molar refractivity (Wildman–Crippen MR) is 115 cm³/mol. The molecule has 2 aromatic carbocycles. The van der Waals surface area contributed by atoms with Crippen molar-refractivity contribution in [3.05, 3.63) is 54.1 Å². The number of amides is 2. The van der Waals surface area contributed by atoms with E-state index in [9.17, 15) is 9.59 Å². The van der Waals surface area contributed by atoms with Gasteiger partial charge in [0.25, 0.3) is 5.91 Å². The highest BCUT2D eigenvalue weighted by molar-refractivity contribution is 6.05. The summed E-state index contributed by atoms with van der Waals surface area (Å²) in [5.41, 5.74) is 0.908. The molecule has 1 atom stereocenters. The van der Waals surface area contributed by atoms with Crippen molar-refractivity contribution in [2.45, 2.75) is 45.3 Å². The summed E-state index contributed by atoms with van der Waals surface area (Å²) < 4.78 is 16.6. The summed E-state index contributed by atoms with van der Waals surface area (Å²) in [6, 6.07) is 13.9. The SMILES string of the molecule is CC(C)(C)OC(=O)Nc1cccc(C(=O)Nc2cccc(OCC3CCCO3)c2)c1. The number of ether oxygens (including phenoxy) is 3. The Bertz CT molecular complexity index is 885. The molecule has 7 nitrogen and oxygen atoms in total. The lowest BCUT2D eigenvalue weighted by Crippen LogP contribution is -2.27. The number of benzene rings is 2. The zero-order chi connectivity index (χ0) is 21.6. The molecule has 3 rings (SSSR count). The van der Waals surface area contributed by atoms with E-state index in [1.54, 1.807) is 57.2 Å². The molecular weight excluding hydrogens is 384 g/mol. The minimum absolute atomic E-state index is 0.128. The molecule has 1 heterocycles. The smallest absolute Gasteiger partial charge is 0.412 e. The number of anilines is 2. The van der Waals surface area contributed by atoms with Crippen LogP contribution in [0.5, 0.6) is 5.75 Å². The maximum Gasteiger partial charge on any atom is 0.412 e. The van der Waals surface area contributed by atoms with Crippen LogP contribution in [0.3, 0.4) is 0 Å². The van der Waals surface area contributed by atoms with E-state index in [0.29, 0.717) is 29.3 Å². The van der Waals surface area contributed by atoms with Gasteiger partial charge in [-0.1, -0.05) is 12.1 Å². The molecule has 1 saturated heterocycles. The maximum absolute atomic E-state index is 12.6. The molecular formula is C23H28N2O5. The number of hydrogen-bond acceptors (Lipinski definition) is 5. The Balaban J connectivity index is 1.59. The highest BCUT2D eigenvalue weighted by atomic mass is 16.6. The number of carbonyl (C=O) groups excluding carboxylic acids is 2. The molecule has 2 N–H and O–H groups in total. The van der Waals surface area contributed by atoms with Crippen LogP contribution in [0.25, 0.3) is 0 Å². The number of rotatable bonds is 6. The first-order valence-corrected chi connectivity index (χ1v) is 10.0. The summed E-state index contributed by atoms with van der Waals surface area (Å²) in [7, 11) is 0. The summed E-state index contributed by atoms with van der Waals surface area (Å²) in [5, 5.41) is 5.49. The Hall–Kier alpha value is -3.06. The van der Waals surface area contributed by atoms with Gasteiger partial charge in [-0.15, -0.1) is 0 Å². The minimum atomic E-state index is -0.601. The van der Waals surface area contributed by atoms with Crippen molar-refractivity contribution in [2.75, 3.05) is 23.8 Å². The molecule has 1 aliphatic heterocycles. The van der Waals surface area contributed by atoms with Crippen LogP contribution in [0.15, 0.2) is 48.5 Å². The third-order valence-corrected chi connectivity index (χ3v) is 4.32. The van der Waals surface area contributed by atoms with Crippen molar-refractivity contribution in [2.24, 2.45) is 0 Å². The first-order chi connectivity index (χ1) is 14.3. The molecule has 0 spiro atoms. The van der Waals surface area contributed by atoms with Crippen LogP contribution in [0.1, 0.15) is 44.0 Å². The molecule has 0 aliphatic carbocycles. The van der Waals surface area contributed by atoms with E-state index in [0.717, 1.165) is 19.4 Å². The average molecular weight is 412 g/mol. The fourth-order valence-electron chi connectivity index (χ4n) is 2.99. The minimum Gasteiger partial charge on any atom is -0.491 e. The van der Waals surface area contributed by atoms with E-state index >= 15 is 0 Å². The van der Waals surface area contributed by atoms with Gasteiger partial charge in [0.2, 0.25) is 0 Å². The Morgan fingerprint density at radius 3 is 2.50 bits per heavy atom. The molecule has 0 bridgehead atoms. The highest BCUT2D eigenvalue weighted by Gasteiger charge is 2.17. The van der Waals surface area contributed by atoms with Gasteiger partial charge in [-0.25, -0.2) is 4.79 Å². The highest BCUT2D eigenvalue weighted by Crippen LogP contribution is 2.21. The van der Waals surface area contributed by atoms with Crippen LogP contribution in [0.4, 0.5) is 16.2 Å². The van der Waals surface area contributed by atoms with Gasteiger partial charge in [0.15, 0.2) is 0 Å². The van der Waals surface area contributed by atoms with Crippen molar-refractivity contribution >= 4 is 23.4 Å². The van der Waals surface area contributed by atoms with Crippen molar-refractivity contribution in [3.63, 3.8) is 0 Å². The largest absolute Gasteiger partial charge is 0.491 e. The van der Waals surface area contributed by atoms with Gasteiger partial charge in [-0.2, -0.15) is 0 Å². The molecule has 0 radical (unpaired) electrons. The zero-order valence-electron chi connectivity index (χ0n) is 17.6. The van der Waals surface area contributed by atoms with Gasteiger partial charge in [0.1, 0.15) is 18.0 Å². The second-order valence-corrected chi connectivity index (χ2v) is 8.14. The fraction of sp³-hybridized carbons (Fsp3) is 0.391. The molecule has 2 amide bonds. The van der Waals surface area contributed by atoms with Crippen LogP contribution in [-0.2, 0) is 9.47 Å². The van der Waals surface area contributed by atoms with Crippen LogP contribution in [0.2, 0.25) is 0 Å². The third-order valence-electron chi connectivity index (χ3n) is 4.32. The Labute approximate surface area is 176 Å². The van der Waals surface area contributed by atoms with E-state index in [2.05, 4.69) is 10.6 Å². The first-order valence-electron chi connectivity index (χ1n) is 10.0. The molecule has 1 fully saturated rings. The van der Waals surface area contributed by atoms with E-state index in [1.165, 1.54) is 0 Å². The molecule has 0 saturated carbocycles. The van der Waals surface area contributed by atoms with Gasteiger partial charge in [-0.3, -0.25) is 10.1 Å². The Morgan fingerprint density at radius 2 is 1.80 bits per heavy atom. The summed E-state index contributed by atoms with van der Waals surface area (Å²) in [6.07, 6.45) is 1.62. The van der Waals surface area contributed by atoms with Crippen LogP contribution < -0.4 is 15.4 Å². The summed E-state index contributed by atoms with van der Waals surface area (Å²) in [4.78, 5) is 24.6. The van der Waals surface area contributed by atoms with Gasteiger partial charge >= 0.3 is 6.09 Å². The number of hydrogen-bond donors (Lipinski definition) is 2. The van der Waals surface area contributed by atoms with Crippen molar-refractivity contribution in [3.8, 4) is 5.75 Å². The Kier molecular flexibility index (Phi) is 6.95. The standard InChI is InChI=1S/C23H28N2O5/c1-23(2,3)30-22(27)25-17-8-4-7-16(13-17)21(26)24-18-9-5-10-19(14-18)29-15-20-11-6-12-28-20/h4-5,7-10,13-14,20H,6,11-12,15H2,1-3H3,(H,24,26)(H,25,27). The average Bonchev–Trinajstić information content (AvgIpc) is 3.19. The van der Waals surface area contributed by atoms with Crippen molar-refractivity contribution in [1.29, 1.82) is 0 Å². The van der Waals surface area contributed by atoms with Gasteiger partial charge in [0.05, 0.1) is 6.10 Å². The second kappa shape index (κ2) is 9.63. The van der Waals surface area contributed by atoms with Crippen LogP contribution in [0, 0.1) is 0 Å². The molecule has 160 valence electrons. The second-order valence-electron chi connectivity index (χ2n) is 8.14. The Morgan fingerprint density at radius 1 is 1.07 bits per heavy atom. The van der Waals surface area contributed by atoms with Crippen LogP contribution >= 0.6 is 0 Å². The topological polar surface area (TPSA) is 85.9 Å². The normalized spacial score (nSPS) is 16.0. The summed E-state index contributed by atoms with van der Waals surface area (Å²) >= 11 is 0. The predicted octanol–water partition coefficient (Wildman–Crippen LogP) is 4.84. The van der Waals surface area contributed by atoms with Crippen LogP contribution in [-0.4, -0.2) is 36.9 Å². The van der Waals surface area contributed by atoms with Gasteiger partial charge in [0, 0.05) is 29.6 Å². The van der Waals surface area contributed by atoms with E-state index in [4.69, 9.17) is 14.2 Å². The maximum atomic E-state index is 12.6. The van der Waals surface area contributed by atoms with Crippen molar-refractivity contribution < 1.29 is 23.8 Å². The number of carbonyl (C=O) groups is 2. The third kappa shape index (κ3) is 6.77. The monoisotopic (exact) mass is 412 g/mol. The van der Waals surface area contributed by atoms with E-state index in [1.807, 2.05) is 12.1 Å². The summed E-state index contributed by atoms with van der Waals surface area (Å²) in [6.45, 7) is 6.64. The van der Waals surface area contributed by atoms with Crippen molar-refractivity contribution in [1.82, 2.24) is 0 Å². The molecule has 0 aromatic heterocycles. The van der Waals surface area contributed by atoms with E-state index in [-0.39, 0.29) is 12.0 Å². The van der Waals surface area contributed by atoms with E-state index < -0.39 is 11.7 Å². The molecule has 1 unspecified atom stereocenters. The fourth-order valence-corrected chi connectivity index (χ4v) is 2.99. The summed E-state index contributed by atoms with van der Waals surface area (Å²) in [5.74, 6) is 0.378. The zero-order valence-corrected chi connectivity index (χ0v) is 17.6. The molecule has 2 aromatic rings. The first kappa shape index (κ1) is 21.6. The number of nitrogens with one attached hydrogen (secondary N) is 2. The molecule has 7 heteroatoms. The lowest BCUT2D eigenvalue weighted by atomic mass is 10.1.